The summed E-state index contributed by atoms with van der Waals surface area (Å²) in [5.74, 6) is 0. The Balaban J connectivity index is 3.40. The van der Waals surface area contributed by atoms with Crippen LogP contribution in [0.2, 0.25) is 0 Å². The number of nitrogens with two attached hydrogens (primary N) is 1. The molecule has 0 aromatic rings. The van der Waals surface area contributed by atoms with Gasteiger partial charge in [0.15, 0.2) is 0 Å². The van der Waals surface area contributed by atoms with Crippen molar-refractivity contribution in [3.63, 3.8) is 0 Å². The van der Waals surface area contributed by atoms with Gasteiger partial charge in [-0.2, -0.15) is 0 Å². The zero-order chi connectivity index (χ0) is 16.6. The van der Waals surface area contributed by atoms with Crippen LogP contribution >= 0.6 is 0 Å². The molecule has 0 aromatic carbocycles. The van der Waals surface area contributed by atoms with Crippen LogP contribution in [0.5, 0.6) is 0 Å². The molecule has 2 unspecified atom stereocenters. The Bertz CT molecular complexity index is 272. The maximum absolute atomic E-state index is 9.69. The van der Waals surface area contributed by atoms with Gasteiger partial charge in [0.25, 0.3) is 0 Å². The van der Waals surface area contributed by atoms with Crippen LogP contribution in [0, 0.1) is 0 Å². The fourth-order valence-electron chi connectivity index (χ4n) is 2.43. The van der Waals surface area contributed by atoms with Crippen LogP contribution in [0.1, 0.15) is 84.0 Å². The van der Waals surface area contributed by atoms with E-state index in [9.17, 15) is 5.11 Å². The van der Waals surface area contributed by atoms with Crippen molar-refractivity contribution < 1.29 is 31.3 Å². The molecule has 0 fully saturated rings. The van der Waals surface area contributed by atoms with E-state index in [0.717, 1.165) is 10.2 Å². The molecular weight excluding hydrogens is 459 g/mol. The fourth-order valence-corrected chi connectivity index (χ4v) is 3.18. The molecular formula is C18H36AuNO2. The molecule has 0 aliphatic rings. The second-order valence-corrected chi connectivity index (χ2v) is 7.58. The van der Waals surface area contributed by atoms with E-state index in [-0.39, 0.29) is 6.61 Å². The molecule has 0 aliphatic heterocycles. The number of unbranched alkanes of at least 4 members (excludes halogenated alkanes) is 10. The molecule has 4 heteroatoms. The van der Waals surface area contributed by atoms with Crippen LogP contribution in [0.4, 0.5) is 0 Å². The van der Waals surface area contributed by atoms with Gasteiger partial charge in [-0.3, -0.25) is 0 Å². The maximum atomic E-state index is 9.69. The average molecular weight is 495 g/mol. The van der Waals surface area contributed by atoms with Gasteiger partial charge in [0.05, 0.1) is 0 Å². The summed E-state index contributed by atoms with van der Waals surface area (Å²) in [5.41, 5.74) is 5.58. The summed E-state index contributed by atoms with van der Waals surface area (Å²) in [7, 11) is 0. The normalized spacial score (nSPS) is 15.1. The predicted octanol–water partition coefficient (Wildman–Crippen LogP) is 3.80. The number of aliphatic hydroxyl groups excluding tert-OH is 2. The molecule has 0 radical (unpaired) electrons. The second kappa shape index (κ2) is 16.2. The Morgan fingerprint density at radius 1 is 0.955 bits per heavy atom. The second-order valence-electron chi connectivity index (χ2n) is 6.19. The zero-order valence-electron chi connectivity index (χ0n) is 14.2. The standard InChI is InChI=1S/C18H36NO2.Au/c1-2-3-4-5-6-7-8-9-10-11-12-13-14-15-18(21)17(19)16-20;/h15,17-18,20-21H,2-13,16,19H2,1H3;. The van der Waals surface area contributed by atoms with E-state index in [1.54, 1.807) is 6.08 Å². The molecule has 0 saturated carbocycles. The number of allylic oxidation sites excluding steroid dienone is 1. The minimum absolute atomic E-state index is 0.183. The van der Waals surface area contributed by atoms with Gasteiger partial charge in [-0.15, -0.1) is 0 Å². The summed E-state index contributed by atoms with van der Waals surface area (Å²) in [6.07, 6.45) is 16.8. The van der Waals surface area contributed by atoms with Crippen LogP contribution in [0.3, 0.4) is 0 Å². The Morgan fingerprint density at radius 2 is 1.41 bits per heavy atom. The van der Waals surface area contributed by atoms with Gasteiger partial charge in [-0.1, -0.05) is 13.3 Å². The van der Waals surface area contributed by atoms with Gasteiger partial charge in [-0.25, -0.2) is 0 Å². The first-order valence-electron chi connectivity index (χ1n) is 8.98. The van der Waals surface area contributed by atoms with Crippen molar-refractivity contribution in [2.24, 2.45) is 5.73 Å². The van der Waals surface area contributed by atoms with E-state index in [1.807, 2.05) is 0 Å². The Kier molecular flexibility index (Phi) is 16.5. The topological polar surface area (TPSA) is 66.5 Å². The van der Waals surface area contributed by atoms with Gasteiger partial charge in [0, 0.05) is 0 Å². The summed E-state index contributed by atoms with van der Waals surface area (Å²) in [6.45, 7) is 2.08. The molecule has 0 spiro atoms. The molecule has 0 heterocycles. The first-order valence-corrected chi connectivity index (χ1v) is 10.1. The molecule has 0 amide bonds. The van der Waals surface area contributed by atoms with Gasteiger partial charge in [0.1, 0.15) is 0 Å². The molecule has 3 nitrogen and oxygen atoms in total. The molecule has 4 N–H and O–H groups in total. The first-order chi connectivity index (χ1) is 10.6. The fraction of sp³-hybridized carbons (Fsp3) is 0.889. The average Bonchev–Trinajstić information content (AvgIpc) is 2.51. The monoisotopic (exact) mass is 495 g/mol. The molecule has 0 aliphatic carbocycles. The van der Waals surface area contributed by atoms with Crippen molar-refractivity contribution in [3.8, 4) is 0 Å². The Labute approximate surface area is 149 Å². The third kappa shape index (κ3) is 14.0. The van der Waals surface area contributed by atoms with E-state index in [0.29, 0.717) is 0 Å². The van der Waals surface area contributed by atoms with Crippen LogP contribution in [-0.4, -0.2) is 29.0 Å². The first kappa shape index (κ1) is 22.4. The van der Waals surface area contributed by atoms with Crippen molar-refractivity contribution in [3.05, 3.63) is 9.87 Å². The number of hydrogen-bond acceptors (Lipinski definition) is 3. The van der Waals surface area contributed by atoms with Gasteiger partial charge in [0.2, 0.25) is 0 Å². The number of hydrogen-bond donors (Lipinski definition) is 3. The molecule has 0 bridgehead atoms. The van der Waals surface area contributed by atoms with E-state index in [2.05, 4.69) is 28.0 Å². The van der Waals surface area contributed by atoms with Crippen molar-refractivity contribution in [2.75, 3.05) is 6.61 Å². The molecule has 0 aromatic heterocycles. The minimum atomic E-state index is -0.738. The molecule has 2 atom stereocenters. The van der Waals surface area contributed by atoms with Crippen LogP contribution in [0.25, 0.3) is 0 Å². The number of aliphatic hydroxyl groups is 2. The molecule has 0 rings (SSSR count). The molecule has 0 saturated heterocycles. The summed E-state index contributed by atoms with van der Waals surface area (Å²) in [6, 6.07) is -0.572. The van der Waals surface area contributed by atoms with Crippen LogP contribution < -0.4 is 5.73 Å². The molecule has 22 heavy (non-hydrogen) atoms. The van der Waals surface area contributed by atoms with Crippen LogP contribution in [-0.2, 0) is 21.1 Å². The third-order valence-electron chi connectivity index (χ3n) is 3.99. The van der Waals surface area contributed by atoms with Crippen molar-refractivity contribution >= 4 is 0 Å². The van der Waals surface area contributed by atoms with E-state index >= 15 is 0 Å². The third-order valence-corrected chi connectivity index (χ3v) is 4.89. The zero-order valence-corrected chi connectivity index (χ0v) is 16.4. The van der Waals surface area contributed by atoms with Crippen molar-refractivity contribution in [1.29, 1.82) is 0 Å². The van der Waals surface area contributed by atoms with E-state index < -0.39 is 12.1 Å². The van der Waals surface area contributed by atoms with Gasteiger partial charge in [-0.05, 0) is 0 Å². The van der Waals surface area contributed by atoms with E-state index in [4.69, 9.17) is 10.8 Å². The quantitative estimate of drug-likeness (QED) is 0.239. The SMILES string of the molecule is CCCCCCCCCCCCC[C]([Au])=CC(O)C(N)CO. The Hall–Kier alpha value is 0.360. The van der Waals surface area contributed by atoms with Gasteiger partial charge < -0.3 is 0 Å². The predicted molar refractivity (Wildman–Crippen MR) is 90.2 cm³/mol. The summed E-state index contributed by atoms with van der Waals surface area (Å²) in [4.78, 5) is 0. The number of rotatable bonds is 15. The van der Waals surface area contributed by atoms with Crippen LogP contribution in [0.15, 0.2) is 9.87 Å². The molecule has 136 valence electrons. The summed E-state index contributed by atoms with van der Waals surface area (Å²) < 4.78 is 1.12. The Morgan fingerprint density at radius 3 is 1.86 bits per heavy atom. The summed E-state index contributed by atoms with van der Waals surface area (Å²) >= 11 is 2.46. The van der Waals surface area contributed by atoms with Gasteiger partial charge >= 0.3 is 136 Å². The van der Waals surface area contributed by atoms with Crippen molar-refractivity contribution in [1.82, 2.24) is 0 Å². The summed E-state index contributed by atoms with van der Waals surface area (Å²) in [5, 5.41) is 18.6. The van der Waals surface area contributed by atoms with E-state index in [1.165, 1.54) is 70.6 Å². The van der Waals surface area contributed by atoms with Crippen molar-refractivity contribution in [2.45, 2.75) is 96.1 Å².